The third-order valence-electron chi connectivity index (χ3n) is 6.05. The smallest absolute Gasteiger partial charge is 0.433 e. The first-order chi connectivity index (χ1) is 16.9. The zero-order valence-corrected chi connectivity index (χ0v) is 19.9. The van der Waals surface area contributed by atoms with Gasteiger partial charge in [-0.25, -0.2) is 9.48 Å². The number of fused-ring (bicyclic) bond motifs is 1. The minimum Gasteiger partial charge on any atom is -0.465 e. The summed E-state index contributed by atoms with van der Waals surface area (Å²) in [7, 11) is 0. The van der Waals surface area contributed by atoms with E-state index in [1.165, 1.54) is 6.07 Å². The lowest BCUT2D eigenvalue weighted by molar-refractivity contribution is -0.141. The molecule has 0 saturated heterocycles. The molecule has 0 fully saturated rings. The van der Waals surface area contributed by atoms with Gasteiger partial charge in [-0.1, -0.05) is 32.1 Å². The van der Waals surface area contributed by atoms with Gasteiger partial charge in [0.2, 0.25) is 0 Å². The van der Waals surface area contributed by atoms with Crippen LogP contribution in [-0.4, -0.2) is 47.4 Å². The molecule has 0 bridgehead atoms. The molecule has 0 aliphatic heterocycles. The maximum Gasteiger partial charge on any atom is 0.433 e. The van der Waals surface area contributed by atoms with Crippen molar-refractivity contribution in [3.05, 3.63) is 65.9 Å². The Morgan fingerprint density at radius 2 is 1.94 bits per heavy atom. The fourth-order valence-corrected chi connectivity index (χ4v) is 4.20. The van der Waals surface area contributed by atoms with Crippen molar-refractivity contribution in [1.29, 1.82) is 0 Å². The molecular weight excluding hydrogens is 475 g/mol. The van der Waals surface area contributed by atoms with Gasteiger partial charge in [0.1, 0.15) is 5.69 Å². The van der Waals surface area contributed by atoms with E-state index in [4.69, 9.17) is 0 Å². The molecule has 0 radical (unpaired) electrons. The highest BCUT2D eigenvalue weighted by molar-refractivity contribution is 5.80. The van der Waals surface area contributed by atoms with Crippen LogP contribution < -0.4 is 5.32 Å². The van der Waals surface area contributed by atoms with Crippen molar-refractivity contribution in [3.63, 3.8) is 0 Å². The molecular formula is C24H26F3N7O2. The lowest BCUT2D eigenvalue weighted by Crippen LogP contribution is -2.38. The second kappa shape index (κ2) is 9.59. The number of H-pyrrole nitrogens is 1. The van der Waals surface area contributed by atoms with Crippen LogP contribution in [-0.2, 0) is 12.6 Å². The first-order valence-electron chi connectivity index (χ1n) is 11.3. The van der Waals surface area contributed by atoms with Gasteiger partial charge in [-0.15, -0.1) is 5.10 Å². The first-order valence-corrected chi connectivity index (χ1v) is 11.3. The van der Waals surface area contributed by atoms with Crippen LogP contribution in [0.4, 0.5) is 18.0 Å². The Balaban J connectivity index is 1.58. The molecule has 4 rings (SSSR count). The number of hydrogen-bond donors (Lipinski definition) is 3. The first kappa shape index (κ1) is 25.1. The van der Waals surface area contributed by atoms with Crippen LogP contribution in [0.15, 0.2) is 48.9 Å². The monoisotopic (exact) mass is 501 g/mol. The number of rotatable bonds is 7. The zero-order valence-electron chi connectivity index (χ0n) is 19.9. The van der Waals surface area contributed by atoms with E-state index >= 15 is 0 Å². The van der Waals surface area contributed by atoms with Crippen LogP contribution in [0.3, 0.4) is 0 Å². The molecule has 4 aromatic rings. The minimum absolute atomic E-state index is 0.176. The molecule has 3 N–H and O–H groups in total. The summed E-state index contributed by atoms with van der Waals surface area (Å²) in [4.78, 5) is 15.0. The second-order valence-corrected chi connectivity index (χ2v) is 9.78. The standard InChI is InChI=1S/C24H26F3N7O2/c1-23(2,3)18(20-13-34(33-32-20)17-5-6-19-15(9-17)12-29-31-19)10-16(30-22(35)36)8-14-4-7-21(28-11-14)24(25,26)27/h4-7,9,11-13,16,18,30H,8,10H2,1-3H3,(H,29,31)(H,35,36). The number of alkyl halides is 3. The predicted octanol–water partition coefficient (Wildman–Crippen LogP) is 4.96. The largest absolute Gasteiger partial charge is 0.465 e. The van der Waals surface area contributed by atoms with Gasteiger partial charge < -0.3 is 10.4 Å². The quantitative estimate of drug-likeness (QED) is 0.329. The molecule has 0 spiro atoms. The number of benzene rings is 1. The van der Waals surface area contributed by atoms with Gasteiger partial charge in [-0.3, -0.25) is 10.1 Å². The van der Waals surface area contributed by atoms with Gasteiger partial charge in [-0.2, -0.15) is 18.3 Å². The van der Waals surface area contributed by atoms with Crippen molar-refractivity contribution in [2.75, 3.05) is 0 Å². The summed E-state index contributed by atoms with van der Waals surface area (Å²) in [6, 6.07) is 7.34. The van der Waals surface area contributed by atoms with Gasteiger partial charge in [0, 0.05) is 23.5 Å². The predicted molar refractivity (Wildman–Crippen MR) is 126 cm³/mol. The van der Waals surface area contributed by atoms with Gasteiger partial charge >= 0.3 is 12.3 Å². The van der Waals surface area contributed by atoms with Crippen molar-refractivity contribution >= 4 is 17.0 Å². The van der Waals surface area contributed by atoms with E-state index in [0.29, 0.717) is 17.7 Å². The number of amides is 1. The van der Waals surface area contributed by atoms with Gasteiger partial charge in [0.05, 0.1) is 29.3 Å². The van der Waals surface area contributed by atoms with Crippen LogP contribution in [0.1, 0.15) is 50.1 Å². The van der Waals surface area contributed by atoms with Crippen molar-refractivity contribution in [2.24, 2.45) is 5.41 Å². The van der Waals surface area contributed by atoms with E-state index in [0.717, 1.165) is 28.9 Å². The van der Waals surface area contributed by atoms with Crippen LogP contribution in [0.2, 0.25) is 0 Å². The Morgan fingerprint density at radius 3 is 2.58 bits per heavy atom. The molecule has 2 atom stereocenters. The summed E-state index contributed by atoms with van der Waals surface area (Å²) < 4.78 is 40.2. The topological polar surface area (TPSA) is 122 Å². The Morgan fingerprint density at radius 1 is 1.17 bits per heavy atom. The van der Waals surface area contributed by atoms with E-state index in [2.05, 4.69) is 30.8 Å². The third kappa shape index (κ3) is 5.81. The fourth-order valence-electron chi connectivity index (χ4n) is 4.20. The Bertz CT molecular complexity index is 1340. The summed E-state index contributed by atoms with van der Waals surface area (Å²) in [5.41, 5.74) is 1.56. The molecule has 0 aliphatic carbocycles. The number of carboxylic acid groups (broad SMARTS) is 1. The normalized spacial score (nSPS) is 14.1. The average molecular weight is 502 g/mol. The van der Waals surface area contributed by atoms with E-state index in [9.17, 15) is 23.1 Å². The number of nitrogens with one attached hydrogen (secondary N) is 2. The Labute approximate surface area is 204 Å². The molecule has 0 aliphatic rings. The number of carbonyl (C=O) groups is 1. The number of pyridine rings is 1. The highest BCUT2D eigenvalue weighted by Gasteiger charge is 2.34. The molecule has 12 heteroatoms. The fraction of sp³-hybridized carbons (Fsp3) is 0.375. The van der Waals surface area contributed by atoms with E-state index in [1.54, 1.807) is 10.9 Å². The Kier molecular flexibility index (Phi) is 6.70. The van der Waals surface area contributed by atoms with Crippen molar-refractivity contribution in [1.82, 2.24) is 35.5 Å². The SMILES string of the molecule is CC(C)(C)C(CC(Cc1ccc(C(F)(F)F)nc1)NC(=O)O)c1cn(-c2ccc3[nH]ncc3c2)nn1. The van der Waals surface area contributed by atoms with Crippen molar-refractivity contribution in [3.8, 4) is 5.69 Å². The maximum absolute atomic E-state index is 12.9. The van der Waals surface area contributed by atoms with Crippen LogP contribution >= 0.6 is 0 Å². The van der Waals surface area contributed by atoms with Crippen molar-refractivity contribution < 1.29 is 23.1 Å². The molecule has 1 aromatic carbocycles. The van der Waals surface area contributed by atoms with Gasteiger partial charge in [0.25, 0.3) is 0 Å². The zero-order chi connectivity index (χ0) is 26.1. The molecule has 36 heavy (non-hydrogen) atoms. The van der Waals surface area contributed by atoms with E-state index < -0.39 is 24.0 Å². The molecule has 2 unspecified atom stereocenters. The second-order valence-electron chi connectivity index (χ2n) is 9.78. The molecule has 1 amide bonds. The third-order valence-corrected chi connectivity index (χ3v) is 6.05. The van der Waals surface area contributed by atoms with E-state index in [1.807, 2.05) is 45.2 Å². The van der Waals surface area contributed by atoms with Crippen LogP contribution in [0, 0.1) is 5.41 Å². The molecule has 9 nitrogen and oxygen atoms in total. The number of aromatic nitrogens is 6. The van der Waals surface area contributed by atoms with E-state index in [-0.39, 0.29) is 17.8 Å². The maximum atomic E-state index is 12.9. The van der Waals surface area contributed by atoms with Gasteiger partial charge in [0.15, 0.2) is 0 Å². The van der Waals surface area contributed by atoms with Crippen LogP contribution in [0.5, 0.6) is 0 Å². The lowest BCUT2D eigenvalue weighted by Gasteiger charge is -2.32. The molecule has 3 heterocycles. The number of hydrogen-bond acceptors (Lipinski definition) is 5. The van der Waals surface area contributed by atoms with Gasteiger partial charge in [-0.05, 0) is 48.1 Å². The van der Waals surface area contributed by atoms with Crippen LogP contribution in [0.25, 0.3) is 16.6 Å². The molecule has 190 valence electrons. The van der Waals surface area contributed by atoms with Crippen molar-refractivity contribution in [2.45, 2.75) is 51.7 Å². The molecule has 0 saturated carbocycles. The number of aromatic amines is 1. The Hall–Kier alpha value is -3.96. The highest BCUT2D eigenvalue weighted by Crippen LogP contribution is 2.38. The summed E-state index contributed by atoms with van der Waals surface area (Å²) in [5, 5.41) is 28.4. The highest BCUT2D eigenvalue weighted by atomic mass is 19.4. The lowest BCUT2D eigenvalue weighted by atomic mass is 9.75. The summed E-state index contributed by atoms with van der Waals surface area (Å²) in [6.07, 6.45) is -0.562. The number of nitrogens with zero attached hydrogens (tertiary/aromatic N) is 5. The molecule has 3 aromatic heterocycles. The summed E-state index contributed by atoms with van der Waals surface area (Å²) in [6.45, 7) is 6.06. The number of halogens is 3. The average Bonchev–Trinajstić information content (AvgIpc) is 3.45. The minimum atomic E-state index is -4.54. The summed E-state index contributed by atoms with van der Waals surface area (Å²) in [5.74, 6) is -0.205. The summed E-state index contributed by atoms with van der Waals surface area (Å²) >= 11 is 0.